The van der Waals surface area contributed by atoms with Gasteiger partial charge in [0.05, 0.1) is 6.61 Å². The monoisotopic (exact) mass is 188 g/mol. The normalized spacial score (nSPS) is 15.2. The molecule has 0 aromatic heterocycles. The van der Waals surface area contributed by atoms with Gasteiger partial charge < -0.3 is 15.3 Å². The van der Waals surface area contributed by atoms with Gasteiger partial charge in [-0.25, -0.2) is 0 Å². The van der Waals surface area contributed by atoms with Crippen molar-refractivity contribution in [3.8, 4) is 0 Å². The molecule has 0 aliphatic carbocycles. The van der Waals surface area contributed by atoms with E-state index in [0.717, 1.165) is 0 Å². The minimum atomic E-state index is 0.0463. The van der Waals surface area contributed by atoms with E-state index in [9.17, 15) is 4.79 Å². The van der Waals surface area contributed by atoms with Crippen LogP contribution in [0.1, 0.15) is 20.3 Å². The zero-order chi connectivity index (χ0) is 10.4. The summed E-state index contributed by atoms with van der Waals surface area (Å²) in [7, 11) is 3.48. The smallest absolute Gasteiger partial charge is 0.223 e. The minimum Gasteiger partial charge on any atom is -0.395 e. The summed E-state index contributed by atoms with van der Waals surface area (Å²) in [5.41, 5.74) is 0. The molecule has 0 aromatic carbocycles. The van der Waals surface area contributed by atoms with Crippen LogP contribution in [0.4, 0.5) is 0 Å². The first kappa shape index (κ1) is 12.4. The summed E-state index contributed by atoms with van der Waals surface area (Å²) in [5.74, 6) is 0.102. The van der Waals surface area contributed by atoms with Crippen molar-refractivity contribution in [2.45, 2.75) is 32.4 Å². The van der Waals surface area contributed by atoms with Gasteiger partial charge in [-0.1, -0.05) is 0 Å². The molecule has 2 atom stereocenters. The van der Waals surface area contributed by atoms with E-state index in [1.807, 2.05) is 13.8 Å². The number of nitrogens with zero attached hydrogens (tertiary/aromatic N) is 1. The SMILES string of the molecule is CC(CC(=O)N(C)C)N[C@@H](C)CO. The highest BCUT2D eigenvalue weighted by Gasteiger charge is 2.11. The first-order valence-corrected chi connectivity index (χ1v) is 4.54. The van der Waals surface area contributed by atoms with Crippen LogP contribution in [-0.4, -0.2) is 48.7 Å². The summed E-state index contributed by atoms with van der Waals surface area (Å²) < 4.78 is 0. The molecule has 4 heteroatoms. The second-order valence-corrected chi connectivity index (χ2v) is 3.64. The largest absolute Gasteiger partial charge is 0.395 e. The molecule has 0 bridgehead atoms. The predicted octanol–water partition coefficient (Wildman–Crippen LogP) is -0.176. The number of amides is 1. The Morgan fingerprint density at radius 3 is 2.31 bits per heavy atom. The molecular weight excluding hydrogens is 168 g/mol. The van der Waals surface area contributed by atoms with E-state index in [0.29, 0.717) is 6.42 Å². The van der Waals surface area contributed by atoms with Crippen LogP contribution >= 0.6 is 0 Å². The molecule has 1 amide bonds. The third-order valence-electron chi connectivity index (χ3n) is 1.82. The van der Waals surface area contributed by atoms with Gasteiger partial charge in [-0.2, -0.15) is 0 Å². The zero-order valence-electron chi connectivity index (χ0n) is 8.87. The first-order valence-electron chi connectivity index (χ1n) is 4.54. The number of aliphatic hydroxyl groups excluding tert-OH is 1. The third kappa shape index (κ3) is 5.60. The maximum absolute atomic E-state index is 11.2. The van der Waals surface area contributed by atoms with Gasteiger partial charge in [0.1, 0.15) is 0 Å². The van der Waals surface area contributed by atoms with Gasteiger partial charge in [0.15, 0.2) is 0 Å². The maximum atomic E-state index is 11.2. The van der Waals surface area contributed by atoms with Gasteiger partial charge >= 0.3 is 0 Å². The highest BCUT2D eigenvalue weighted by molar-refractivity contribution is 5.76. The van der Waals surface area contributed by atoms with Gasteiger partial charge in [0.25, 0.3) is 0 Å². The molecule has 78 valence electrons. The minimum absolute atomic E-state index is 0.0463. The molecule has 2 N–H and O–H groups in total. The Balaban J connectivity index is 3.74. The molecule has 0 aliphatic heterocycles. The van der Waals surface area contributed by atoms with E-state index in [2.05, 4.69) is 5.32 Å². The van der Waals surface area contributed by atoms with Crippen molar-refractivity contribution >= 4 is 5.91 Å². The summed E-state index contributed by atoms with van der Waals surface area (Å²) in [6.45, 7) is 3.92. The number of carbonyl (C=O) groups excluding carboxylic acids is 1. The number of nitrogens with one attached hydrogen (secondary N) is 1. The number of hydrogen-bond donors (Lipinski definition) is 2. The molecule has 0 aliphatic rings. The van der Waals surface area contributed by atoms with E-state index < -0.39 is 0 Å². The number of hydrogen-bond acceptors (Lipinski definition) is 3. The maximum Gasteiger partial charge on any atom is 0.223 e. The summed E-state index contributed by atoms with van der Waals surface area (Å²) in [4.78, 5) is 12.8. The Labute approximate surface area is 79.9 Å². The fourth-order valence-electron chi connectivity index (χ4n) is 1.04. The number of rotatable bonds is 5. The average Bonchev–Trinajstić information content (AvgIpc) is 2.03. The lowest BCUT2D eigenvalue weighted by Gasteiger charge is -2.19. The topological polar surface area (TPSA) is 52.6 Å². The summed E-state index contributed by atoms with van der Waals surface area (Å²) in [6, 6.07) is 0.155. The van der Waals surface area contributed by atoms with E-state index in [1.165, 1.54) is 0 Å². The van der Waals surface area contributed by atoms with E-state index >= 15 is 0 Å². The summed E-state index contributed by atoms with van der Waals surface area (Å²) in [6.07, 6.45) is 0.470. The van der Waals surface area contributed by atoms with Gasteiger partial charge in [-0.05, 0) is 13.8 Å². The summed E-state index contributed by atoms with van der Waals surface area (Å²) in [5, 5.41) is 11.9. The van der Waals surface area contributed by atoms with E-state index in [-0.39, 0.29) is 24.6 Å². The average molecular weight is 188 g/mol. The van der Waals surface area contributed by atoms with Gasteiger partial charge in [-0.15, -0.1) is 0 Å². The van der Waals surface area contributed by atoms with Crippen LogP contribution in [0.25, 0.3) is 0 Å². The van der Waals surface area contributed by atoms with E-state index in [1.54, 1.807) is 19.0 Å². The molecule has 0 saturated carbocycles. The van der Waals surface area contributed by atoms with E-state index in [4.69, 9.17) is 5.11 Å². The molecule has 0 fully saturated rings. The van der Waals surface area contributed by atoms with Crippen molar-refractivity contribution in [1.29, 1.82) is 0 Å². The standard InChI is InChI=1S/C9H20N2O2/c1-7(10-8(2)6-12)5-9(13)11(3)4/h7-8,10,12H,5-6H2,1-4H3/t7?,8-/m0/s1. The molecule has 0 heterocycles. The van der Waals surface area contributed by atoms with Crippen LogP contribution < -0.4 is 5.32 Å². The lowest BCUT2D eigenvalue weighted by Crippen LogP contribution is -2.39. The van der Waals surface area contributed by atoms with Crippen LogP contribution in [0, 0.1) is 0 Å². The molecule has 0 spiro atoms. The van der Waals surface area contributed by atoms with Crippen LogP contribution in [-0.2, 0) is 4.79 Å². The van der Waals surface area contributed by atoms with Crippen molar-refractivity contribution in [1.82, 2.24) is 10.2 Å². The van der Waals surface area contributed by atoms with Crippen LogP contribution in [0.3, 0.4) is 0 Å². The lowest BCUT2D eigenvalue weighted by atomic mass is 10.2. The van der Waals surface area contributed by atoms with Gasteiger partial charge in [0.2, 0.25) is 5.91 Å². The Kier molecular flexibility index (Phi) is 5.66. The van der Waals surface area contributed by atoms with Crippen molar-refractivity contribution in [2.24, 2.45) is 0 Å². The van der Waals surface area contributed by atoms with Gasteiger partial charge in [-0.3, -0.25) is 4.79 Å². The molecule has 0 radical (unpaired) electrons. The molecule has 13 heavy (non-hydrogen) atoms. The lowest BCUT2D eigenvalue weighted by molar-refractivity contribution is -0.129. The highest BCUT2D eigenvalue weighted by atomic mass is 16.3. The second-order valence-electron chi connectivity index (χ2n) is 3.64. The molecule has 0 rings (SSSR count). The quantitative estimate of drug-likeness (QED) is 0.629. The fourth-order valence-corrected chi connectivity index (χ4v) is 1.04. The van der Waals surface area contributed by atoms with Crippen molar-refractivity contribution in [3.63, 3.8) is 0 Å². The van der Waals surface area contributed by atoms with Crippen molar-refractivity contribution < 1.29 is 9.90 Å². The predicted molar refractivity (Wildman–Crippen MR) is 52.5 cm³/mol. The van der Waals surface area contributed by atoms with Crippen LogP contribution in [0.15, 0.2) is 0 Å². The highest BCUT2D eigenvalue weighted by Crippen LogP contribution is 1.96. The Morgan fingerprint density at radius 1 is 1.38 bits per heavy atom. The molecule has 4 nitrogen and oxygen atoms in total. The van der Waals surface area contributed by atoms with Crippen LogP contribution in [0.5, 0.6) is 0 Å². The summed E-state index contributed by atoms with van der Waals surface area (Å²) >= 11 is 0. The van der Waals surface area contributed by atoms with Crippen molar-refractivity contribution in [2.75, 3.05) is 20.7 Å². The zero-order valence-corrected chi connectivity index (χ0v) is 8.87. The number of carbonyl (C=O) groups is 1. The fraction of sp³-hybridized carbons (Fsp3) is 0.889. The van der Waals surface area contributed by atoms with Crippen molar-refractivity contribution in [3.05, 3.63) is 0 Å². The Morgan fingerprint density at radius 2 is 1.92 bits per heavy atom. The third-order valence-corrected chi connectivity index (χ3v) is 1.82. The Hall–Kier alpha value is -0.610. The molecular formula is C9H20N2O2. The van der Waals surface area contributed by atoms with Crippen LogP contribution in [0.2, 0.25) is 0 Å². The van der Waals surface area contributed by atoms with Gasteiger partial charge in [0, 0.05) is 32.6 Å². The molecule has 1 unspecified atom stereocenters. The number of aliphatic hydroxyl groups is 1. The molecule has 0 aromatic rings. The first-order chi connectivity index (χ1) is 5.97. The molecule has 0 saturated heterocycles. The second kappa shape index (κ2) is 5.94. The Bertz CT molecular complexity index is 160.